The molecule has 150 valence electrons. The van der Waals surface area contributed by atoms with E-state index in [0.717, 1.165) is 62.7 Å². The average molecular weight is 383 g/mol. The van der Waals surface area contributed by atoms with Crippen molar-refractivity contribution in [2.24, 2.45) is 0 Å². The molecule has 1 saturated heterocycles. The molecule has 1 atom stereocenters. The smallest absolute Gasteiger partial charge is 0.173 e. The fourth-order valence-corrected chi connectivity index (χ4v) is 4.57. The van der Waals surface area contributed by atoms with Crippen LogP contribution in [0.15, 0.2) is 36.9 Å². The third-order valence-corrected chi connectivity index (χ3v) is 6.03. The third-order valence-electron chi connectivity index (χ3n) is 6.03. The molecule has 1 aromatic heterocycles. The number of piperazine rings is 1. The highest BCUT2D eigenvalue weighted by Gasteiger charge is 2.34. The first-order valence-corrected chi connectivity index (χ1v) is 10.3. The summed E-state index contributed by atoms with van der Waals surface area (Å²) in [6.45, 7) is 8.78. The summed E-state index contributed by atoms with van der Waals surface area (Å²) >= 11 is 0. The summed E-state index contributed by atoms with van der Waals surface area (Å²) in [5.41, 5.74) is 1.14. The van der Waals surface area contributed by atoms with Crippen molar-refractivity contribution in [3.63, 3.8) is 0 Å². The molecule has 28 heavy (non-hydrogen) atoms. The number of hydrogen-bond donors (Lipinski definition) is 0. The lowest BCUT2D eigenvalue weighted by Crippen LogP contribution is -2.48. The van der Waals surface area contributed by atoms with Gasteiger partial charge in [-0.1, -0.05) is 37.1 Å². The van der Waals surface area contributed by atoms with Crippen LogP contribution < -0.4 is 4.74 Å². The van der Waals surface area contributed by atoms with Gasteiger partial charge in [-0.2, -0.15) is 0 Å². The van der Waals surface area contributed by atoms with Crippen LogP contribution in [0.25, 0.3) is 0 Å². The van der Waals surface area contributed by atoms with Crippen LogP contribution in [0.1, 0.15) is 49.2 Å². The second-order valence-corrected chi connectivity index (χ2v) is 7.69. The largest absolute Gasteiger partial charge is 0.496 e. The van der Waals surface area contributed by atoms with Crippen molar-refractivity contribution in [1.82, 2.24) is 30.0 Å². The first-order chi connectivity index (χ1) is 13.8. The van der Waals surface area contributed by atoms with E-state index in [9.17, 15) is 0 Å². The Bertz CT molecular complexity index is 777. The molecule has 2 aromatic rings. The lowest BCUT2D eigenvalue weighted by molar-refractivity contribution is 0.110. The molecule has 2 fully saturated rings. The van der Waals surface area contributed by atoms with Crippen molar-refractivity contribution >= 4 is 0 Å². The van der Waals surface area contributed by atoms with Gasteiger partial charge in [0.2, 0.25) is 0 Å². The highest BCUT2D eigenvalue weighted by atomic mass is 16.5. The van der Waals surface area contributed by atoms with E-state index in [0.29, 0.717) is 6.04 Å². The summed E-state index contributed by atoms with van der Waals surface area (Å²) in [6.07, 6.45) is 6.80. The molecule has 0 amide bonds. The molecular formula is C21H30N6O. The Kier molecular flexibility index (Phi) is 6.02. The molecule has 1 unspecified atom stereocenters. The van der Waals surface area contributed by atoms with E-state index < -0.39 is 0 Å². The molecule has 0 spiro atoms. The Morgan fingerprint density at radius 3 is 2.64 bits per heavy atom. The molecule has 0 bridgehead atoms. The van der Waals surface area contributed by atoms with Crippen LogP contribution in [0.5, 0.6) is 5.75 Å². The van der Waals surface area contributed by atoms with Gasteiger partial charge in [0, 0.05) is 38.3 Å². The molecule has 1 saturated carbocycles. The monoisotopic (exact) mass is 382 g/mol. The van der Waals surface area contributed by atoms with Crippen molar-refractivity contribution in [3.8, 4) is 5.75 Å². The fourth-order valence-electron chi connectivity index (χ4n) is 4.57. The normalized spacial score (nSPS) is 20.3. The van der Waals surface area contributed by atoms with Gasteiger partial charge in [0.1, 0.15) is 11.8 Å². The zero-order valence-corrected chi connectivity index (χ0v) is 16.7. The van der Waals surface area contributed by atoms with Gasteiger partial charge in [-0.05, 0) is 29.3 Å². The van der Waals surface area contributed by atoms with Crippen LogP contribution >= 0.6 is 0 Å². The van der Waals surface area contributed by atoms with Gasteiger partial charge in [0.05, 0.1) is 13.2 Å². The van der Waals surface area contributed by atoms with E-state index >= 15 is 0 Å². The average Bonchev–Trinajstić information content (AvgIpc) is 3.42. The van der Waals surface area contributed by atoms with E-state index in [-0.39, 0.29) is 6.04 Å². The van der Waals surface area contributed by atoms with Crippen molar-refractivity contribution in [2.75, 3.05) is 39.8 Å². The van der Waals surface area contributed by atoms with Gasteiger partial charge in [0.25, 0.3) is 0 Å². The maximum atomic E-state index is 5.71. The molecule has 4 rings (SSSR count). The molecule has 1 aliphatic carbocycles. The Balaban J connectivity index is 1.69. The van der Waals surface area contributed by atoms with Gasteiger partial charge >= 0.3 is 0 Å². The number of tetrazole rings is 1. The minimum Gasteiger partial charge on any atom is -0.496 e. The first kappa shape index (κ1) is 19.1. The standard InChI is InChI=1S/C21H30N6O/c1-3-12-25-13-15-26(16-14-25)20(18-10-6-7-11-19(18)28-2)21-22-23-24-27(21)17-8-4-5-9-17/h3,6-7,10-11,17,20H,1,4-5,8-9,12-16H2,2H3. The summed E-state index contributed by atoms with van der Waals surface area (Å²) in [5, 5.41) is 13.0. The second-order valence-electron chi connectivity index (χ2n) is 7.69. The quantitative estimate of drug-likeness (QED) is 0.686. The fraction of sp³-hybridized carbons (Fsp3) is 0.571. The van der Waals surface area contributed by atoms with E-state index in [4.69, 9.17) is 4.74 Å². The van der Waals surface area contributed by atoms with Gasteiger partial charge in [-0.25, -0.2) is 4.68 Å². The van der Waals surface area contributed by atoms with Crippen LogP contribution in [0.3, 0.4) is 0 Å². The van der Waals surface area contributed by atoms with Crippen molar-refractivity contribution in [3.05, 3.63) is 48.3 Å². The number of rotatable bonds is 7. The lowest BCUT2D eigenvalue weighted by Gasteiger charge is -2.39. The number of hydrogen-bond acceptors (Lipinski definition) is 6. The van der Waals surface area contributed by atoms with E-state index in [1.807, 2.05) is 18.2 Å². The molecule has 0 radical (unpaired) electrons. The first-order valence-electron chi connectivity index (χ1n) is 10.3. The zero-order chi connectivity index (χ0) is 19.3. The predicted octanol–water partition coefficient (Wildman–Crippen LogP) is 2.69. The number of nitrogens with zero attached hydrogens (tertiary/aromatic N) is 6. The summed E-state index contributed by atoms with van der Waals surface area (Å²) < 4.78 is 7.80. The minimum absolute atomic E-state index is 0.00219. The van der Waals surface area contributed by atoms with Gasteiger partial charge < -0.3 is 4.74 Å². The number of methoxy groups -OCH3 is 1. The highest BCUT2D eigenvalue weighted by molar-refractivity contribution is 5.39. The Labute approximate surface area is 167 Å². The minimum atomic E-state index is -0.00219. The number of benzene rings is 1. The maximum Gasteiger partial charge on any atom is 0.173 e. The van der Waals surface area contributed by atoms with Crippen molar-refractivity contribution in [1.29, 1.82) is 0 Å². The summed E-state index contributed by atoms with van der Waals surface area (Å²) in [4.78, 5) is 4.93. The summed E-state index contributed by atoms with van der Waals surface area (Å²) in [6, 6.07) is 8.67. The van der Waals surface area contributed by atoms with Gasteiger partial charge in [-0.15, -0.1) is 11.7 Å². The van der Waals surface area contributed by atoms with E-state index in [2.05, 4.69) is 48.7 Å². The second kappa shape index (κ2) is 8.84. The predicted molar refractivity (Wildman–Crippen MR) is 108 cm³/mol. The molecule has 7 heteroatoms. The molecule has 0 N–H and O–H groups in total. The van der Waals surface area contributed by atoms with Crippen molar-refractivity contribution < 1.29 is 4.74 Å². The topological polar surface area (TPSA) is 59.3 Å². The molecule has 1 aromatic carbocycles. The molecule has 2 heterocycles. The molecular weight excluding hydrogens is 352 g/mol. The maximum absolute atomic E-state index is 5.71. The highest BCUT2D eigenvalue weighted by Crippen LogP contribution is 2.37. The third kappa shape index (κ3) is 3.82. The van der Waals surface area contributed by atoms with Gasteiger partial charge in [-0.3, -0.25) is 9.80 Å². The summed E-state index contributed by atoms with van der Waals surface area (Å²) in [5.74, 6) is 1.83. The SMILES string of the molecule is C=CCN1CCN(C(c2ccccc2OC)c2nnnn2C2CCCC2)CC1. The van der Waals surface area contributed by atoms with Crippen LogP contribution in [0, 0.1) is 0 Å². The van der Waals surface area contributed by atoms with Gasteiger partial charge in [0.15, 0.2) is 5.82 Å². The van der Waals surface area contributed by atoms with Crippen LogP contribution in [0.2, 0.25) is 0 Å². The molecule has 7 nitrogen and oxygen atoms in total. The Morgan fingerprint density at radius 2 is 1.93 bits per heavy atom. The molecule has 1 aliphatic heterocycles. The Morgan fingerprint density at radius 1 is 1.18 bits per heavy atom. The Hall–Kier alpha value is -2.25. The zero-order valence-electron chi connectivity index (χ0n) is 16.7. The lowest BCUT2D eigenvalue weighted by atomic mass is 10.0. The van der Waals surface area contributed by atoms with Crippen molar-refractivity contribution in [2.45, 2.75) is 37.8 Å². The number of aromatic nitrogens is 4. The number of para-hydroxylation sites is 1. The number of ether oxygens (including phenoxy) is 1. The van der Waals surface area contributed by atoms with E-state index in [1.54, 1.807) is 7.11 Å². The van der Waals surface area contributed by atoms with E-state index in [1.165, 1.54) is 12.8 Å². The van der Waals surface area contributed by atoms with Crippen LogP contribution in [-0.4, -0.2) is 69.8 Å². The summed E-state index contributed by atoms with van der Waals surface area (Å²) in [7, 11) is 1.73. The van der Waals surface area contributed by atoms with Crippen LogP contribution in [-0.2, 0) is 0 Å². The molecule has 2 aliphatic rings. The van der Waals surface area contributed by atoms with Crippen LogP contribution in [0.4, 0.5) is 0 Å².